The highest BCUT2D eigenvalue weighted by Crippen LogP contribution is 2.27. The predicted octanol–water partition coefficient (Wildman–Crippen LogP) is 2.76. The zero-order valence-corrected chi connectivity index (χ0v) is 8.14. The van der Waals surface area contributed by atoms with Crippen molar-refractivity contribution in [3.63, 3.8) is 0 Å². The van der Waals surface area contributed by atoms with E-state index >= 15 is 0 Å². The molecule has 0 saturated heterocycles. The van der Waals surface area contributed by atoms with Crippen LogP contribution in [0.1, 0.15) is 19.4 Å². The maximum atomic E-state index is 13.3. The Morgan fingerprint density at radius 3 is 2.33 bits per heavy atom. The number of benzene rings is 1. The largest absolute Gasteiger partial charge is 0.485 e. The molecule has 0 aliphatic heterocycles. The molecule has 0 amide bonds. The van der Waals surface area contributed by atoms with Crippen LogP contribution in [-0.2, 0) is 0 Å². The zero-order chi connectivity index (χ0) is 11.6. The number of halogens is 3. The fraction of sp³-hybridized carbons (Fsp3) is 0.300. The lowest BCUT2D eigenvalue weighted by Crippen LogP contribution is -2.10. The molecule has 0 aliphatic carbocycles. The van der Waals surface area contributed by atoms with Crippen LogP contribution < -0.4 is 4.74 Å². The summed E-state index contributed by atoms with van der Waals surface area (Å²) >= 11 is 0. The van der Waals surface area contributed by atoms with Crippen molar-refractivity contribution in [2.24, 2.45) is 0 Å². The van der Waals surface area contributed by atoms with E-state index < -0.39 is 34.9 Å². The Kier molecular flexibility index (Phi) is 3.20. The summed E-state index contributed by atoms with van der Waals surface area (Å²) in [6.45, 7) is 3.08. The molecule has 0 fully saturated rings. The molecule has 0 unspecified atom stereocenters. The van der Waals surface area contributed by atoms with Gasteiger partial charge in [0.15, 0.2) is 17.4 Å². The van der Waals surface area contributed by atoms with Gasteiger partial charge in [0.2, 0.25) is 5.82 Å². The second kappa shape index (κ2) is 4.22. The van der Waals surface area contributed by atoms with Crippen molar-refractivity contribution in [1.29, 1.82) is 5.26 Å². The summed E-state index contributed by atoms with van der Waals surface area (Å²) in [5.74, 6) is -4.74. The molecule has 0 aromatic heterocycles. The first-order valence-electron chi connectivity index (χ1n) is 4.21. The molecule has 0 saturated carbocycles. The molecule has 1 rings (SSSR count). The Morgan fingerprint density at radius 2 is 1.87 bits per heavy atom. The molecule has 2 nitrogen and oxygen atoms in total. The number of nitrogens with zero attached hydrogens (tertiary/aromatic N) is 1. The van der Waals surface area contributed by atoms with Gasteiger partial charge in [0.25, 0.3) is 0 Å². The fourth-order valence-electron chi connectivity index (χ4n) is 1.00. The van der Waals surface area contributed by atoms with Crippen LogP contribution in [0.3, 0.4) is 0 Å². The number of hydrogen-bond acceptors (Lipinski definition) is 2. The second-order valence-corrected chi connectivity index (χ2v) is 3.14. The minimum atomic E-state index is -1.42. The first kappa shape index (κ1) is 11.4. The maximum Gasteiger partial charge on any atom is 0.203 e. The van der Waals surface area contributed by atoms with E-state index in [-0.39, 0.29) is 0 Å². The smallest absolute Gasteiger partial charge is 0.203 e. The summed E-state index contributed by atoms with van der Waals surface area (Å²) in [6.07, 6.45) is -0.512. The van der Waals surface area contributed by atoms with E-state index in [2.05, 4.69) is 0 Å². The summed E-state index contributed by atoms with van der Waals surface area (Å²) in [7, 11) is 0. The van der Waals surface area contributed by atoms with Crippen LogP contribution >= 0.6 is 0 Å². The van der Waals surface area contributed by atoms with E-state index in [4.69, 9.17) is 10.00 Å². The molecule has 80 valence electrons. The first-order chi connectivity index (χ1) is 6.97. The zero-order valence-electron chi connectivity index (χ0n) is 8.14. The molecule has 0 heterocycles. The molecule has 5 heteroatoms. The van der Waals surface area contributed by atoms with Crippen molar-refractivity contribution in [3.05, 3.63) is 29.1 Å². The third-order valence-electron chi connectivity index (χ3n) is 1.59. The molecule has 0 radical (unpaired) electrons. The molecular formula is C10H8F3NO. The summed E-state index contributed by atoms with van der Waals surface area (Å²) < 4.78 is 44.1. The molecular weight excluding hydrogens is 207 g/mol. The highest BCUT2D eigenvalue weighted by Gasteiger charge is 2.20. The lowest BCUT2D eigenvalue weighted by atomic mass is 10.2. The molecule has 0 spiro atoms. The van der Waals surface area contributed by atoms with Gasteiger partial charge in [0.1, 0.15) is 6.07 Å². The highest BCUT2D eigenvalue weighted by molar-refractivity contribution is 5.40. The lowest BCUT2D eigenvalue weighted by molar-refractivity contribution is 0.216. The first-order valence-corrected chi connectivity index (χ1v) is 4.21. The topological polar surface area (TPSA) is 33.0 Å². The fourth-order valence-corrected chi connectivity index (χ4v) is 1.00. The van der Waals surface area contributed by atoms with Crippen LogP contribution in [0.5, 0.6) is 5.75 Å². The minimum Gasteiger partial charge on any atom is -0.485 e. The van der Waals surface area contributed by atoms with Crippen molar-refractivity contribution < 1.29 is 17.9 Å². The van der Waals surface area contributed by atoms with Crippen LogP contribution in [-0.4, -0.2) is 6.10 Å². The Hall–Kier alpha value is -1.70. The third-order valence-corrected chi connectivity index (χ3v) is 1.59. The van der Waals surface area contributed by atoms with Crippen molar-refractivity contribution in [2.75, 3.05) is 0 Å². The van der Waals surface area contributed by atoms with Gasteiger partial charge in [-0.1, -0.05) is 0 Å². The second-order valence-electron chi connectivity index (χ2n) is 3.14. The molecule has 15 heavy (non-hydrogen) atoms. The van der Waals surface area contributed by atoms with Gasteiger partial charge < -0.3 is 4.74 Å². The number of nitriles is 1. The molecule has 1 aromatic carbocycles. The summed E-state index contributed by atoms with van der Waals surface area (Å²) in [5, 5.41) is 8.46. The van der Waals surface area contributed by atoms with E-state index in [0.29, 0.717) is 6.07 Å². The molecule has 0 aliphatic rings. The van der Waals surface area contributed by atoms with Gasteiger partial charge in [-0.15, -0.1) is 0 Å². The van der Waals surface area contributed by atoms with Crippen LogP contribution in [0.25, 0.3) is 0 Å². The van der Waals surface area contributed by atoms with Crippen molar-refractivity contribution in [2.45, 2.75) is 20.0 Å². The van der Waals surface area contributed by atoms with Crippen molar-refractivity contribution in [1.82, 2.24) is 0 Å². The Bertz CT molecular complexity index is 424. The summed E-state index contributed by atoms with van der Waals surface area (Å²) in [4.78, 5) is 0. The van der Waals surface area contributed by atoms with Gasteiger partial charge >= 0.3 is 0 Å². The number of rotatable bonds is 2. The normalized spacial score (nSPS) is 10.2. The van der Waals surface area contributed by atoms with E-state index in [1.165, 1.54) is 19.9 Å². The quantitative estimate of drug-likeness (QED) is 0.710. The maximum absolute atomic E-state index is 13.3. The minimum absolute atomic E-state index is 0.498. The third kappa shape index (κ3) is 2.21. The van der Waals surface area contributed by atoms with Crippen LogP contribution in [0.15, 0.2) is 6.07 Å². The summed E-state index contributed by atoms with van der Waals surface area (Å²) in [5.41, 5.74) is -0.579. The molecule has 0 bridgehead atoms. The highest BCUT2D eigenvalue weighted by atomic mass is 19.2. The standard InChI is InChI=1S/C10H8F3NO/c1-5(2)15-10-8(12)6(4-14)3-7(11)9(10)13/h3,5H,1-2H3. The Labute approximate surface area is 84.9 Å². The van der Waals surface area contributed by atoms with Crippen LogP contribution in [0, 0.1) is 28.8 Å². The van der Waals surface area contributed by atoms with E-state index in [9.17, 15) is 13.2 Å². The molecule has 1 aromatic rings. The predicted molar refractivity (Wildman–Crippen MR) is 46.8 cm³/mol. The Balaban J connectivity index is 3.35. The average Bonchev–Trinajstić information content (AvgIpc) is 2.18. The monoisotopic (exact) mass is 215 g/mol. The van der Waals surface area contributed by atoms with E-state index in [1.807, 2.05) is 0 Å². The van der Waals surface area contributed by atoms with E-state index in [1.54, 1.807) is 0 Å². The SMILES string of the molecule is CC(C)Oc1c(F)c(F)cc(C#N)c1F. The molecule has 0 atom stereocenters. The van der Waals surface area contributed by atoms with E-state index in [0.717, 1.165) is 0 Å². The average molecular weight is 215 g/mol. The molecule has 0 N–H and O–H groups in total. The van der Waals surface area contributed by atoms with Gasteiger partial charge in [0.05, 0.1) is 11.7 Å². The van der Waals surface area contributed by atoms with Gasteiger partial charge in [-0.2, -0.15) is 9.65 Å². The van der Waals surface area contributed by atoms with Crippen LogP contribution in [0.2, 0.25) is 0 Å². The van der Waals surface area contributed by atoms with Gasteiger partial charge in [-0.25, -0.2) is 8.78 Å². The Morgan fingerprint density at radius 1 is 1.27 bits per heavy atom. The van der Waals surface area contributed by atoms with Crippen molar-refractivity contribution in [3.8, 4) is 11.8 Å². The van der Waals surface area contributed by atoms with Gasteiger partial charge in [-0.3, -0.25) is 0 Å². The van der Waals surface area contributed by atoms with Crippen LogP contribution in [0.4, 0.5) is 13.2 Å². The summed E-state index contributed by atoms with van der Waals surface area (Å²) in [6, 6.07) is 1.91. The number of hydrogen-bond donors (Lipinski definition) is 0. The van der Waals surface area contributed by atoms with Gasteiger partial charge in [0, 0.05) is 0 Å². The lowest BCUT2D eigenvalue weighted by Gasteiger charge is -2.12. The van der Waals surface area contributed by atoms with Crippen molar-refractivity contribution >= 4 is 0 Å². The number of ether oxygens (including phenoxy) is 1. The van der Waals surface area contributed by atoms with Gasteiger partial charge in [-0.05, 0) is 19.9 Å².